The highest BCUT2D eigenvalue weighted by Crippen LogP contribution is 2.36. The Labute approximate surface area is 242 Å². The SMILES string of the molecule is Cn1cc(-c2ccc(F)cc2C(=O)c2ccc(Cl)cc2)c([C@H](CC(=O)OC(C)(C)C)C[S@@](=O)C(C)(C)C)cc1=O. The van der Waals surface area contributed by atoms with Crippen molar-refractivity contribution in [2.24, 2.45) is 7.05 Å². The largest absolute Gasteiger partial charge is 0.460 e. The van der Waals surface area contributed by atoms with Gasteiger partial charge in [0.2, 0.25) is 0 Å². The van der Waals surface area contributed by atoms with Gasteiger partial charge in [-0.05, 0) is 89.1 Å². The summed E-state index contributed by atoms with van der Waals surface area (Å²) in [4.78, 5) is 39.4. The Hall–Kier alpha value is -3.10. The van der Waals surface area contributed by atoms with Crippen molar-refractivity contribution in [2.75, 3.05) is 5.75 Å². The number of carbonyl (C=O) groups is 2. The zero-order valence-corrected chi connectivity index (χ0v) is 25.4. The molecule has 0 unspecified atom stereocenters. The molecule has 0 aliphatic rings. The van der Waals surface area contributed by atoms with Crippen LogP contribution in [0.1, 0.15) is 75.4 Å². The van der Waals surface area contributed by atoms with Gasteiger partial charge in [-0.3, -0.25) is 18.6 Å². The highest BCUT2D eigenvalue weighted by molar-refractivity contribution is 7.86. The van der Waals surface area contributed by atoms with E-state index in [1.54, 1.807) is 58.3 Å². The van der Waals surface area contributed by atoms with Crippen LogP contribution >= 0.6 is 11.6 Å². The number of esters is 1. The standard InChI is InChI=1S/C31H35ClFNO5S/c1-30(2,3)39-28(36)14-20(18-40(38)31(4,5)6)24-16-27(35)34(7)17-26(24)23-13-12-22(33)15-25(23)29(37)19-8-10-21(32)11-9-19/h8-13,15-17,20H,14,18H2,1-7H3/t20-,40-/m1/s1. The molecular formula is C31H35ClFNO5S. The fraction of sp³-hybridized carbons (Fsp3) is 0.387. The molecule has 0 N–H and O–H groups in total. The van der Waals surface area contributed by atoms with E-state index < -0.39 is 44.6 Å². The average molecular weight is 588 g/mol. The minimum absolute atomic E-state index is 0.0740. The van der Waals surface area contributed by atoms with Crippen molar-refractivity contribution in [1.29, 1.82) is 0 Å². The molecule has 1 heterocycles. The third-order valence-corrected chi connectivity index (χ3v) is 8.51. The Kier molecular flexibility index (Phi) is 9.58. The van der Waals surface area contributed by atoms with Crippen LogP contribution in [0.5, 0.6) is 0 Å². The molecule has 0 fully saturated rings. The van der Waals surface area contributed by atoms with E-state index in [9.17, 15) is 23.0 Å². The second-order valence-corrected chi connectivity index (χ2v) is 14.4. The topological polar surface area (TPSA) is 82.4 Å². The van der Waals surface area contributed by atoms with Crippen molar-refractivity contribution in [2.45, 2.75) is 64.2 Å². The molecule has 0 spiro atoms. The second kappa shape index (κ2) is 12.2. The summed E-state index contributed by atoms with van der Waals surface area (Å²) in [5.74, 6) is -2.15. The molecule has 1 aromatic heterocycles. The third kappa shape index (κ3) is 7.98. The lowest BCUT2D eigenvalue weighted by atomic mass is 9.87. The van der Waals surface area contributed by atoms with Gasteiger partial charge in [0.1, 0.15) is 11.4 Å². The first-order valence-corrected chi connectivity index (χ1v) is 14.6. The molecule has 3 aromatic rings. The molecule has 2 aromatic carbocycles. The van der Waals surface area contributed by atoms with Crippen LogP contribution in [0.4, 0.5) is 4.39 Å². The van der Waals surface area contributed by atoms with E-state index in [0.717, 1.165) is 6.07 Å². The van der Waals surface area contributed by atoms with E-state index in [1.807, 2.05) is 20.8 Å². The number of benzene rings is 2. The lowest BCUT2D eigenvalue weighted by Crippen LogP contribution is -2.30. The van der Waals surface area contributed by atoms with Crippen LogP contribution in [0.2, 0.25) is 5.02 Å². The molecule has 0 aliphatic carbocycles. The van der Waals surface area contributed by atoms with Gasteiger partial charge < -0.3 is 9.30 Å². The third-order valence-electron chi connectivity index (χ3n) is 6.19. The highest BCUT2D eigenvalue weighted by Gasteiger charge is 2.30. The van der Waals surface area contributed by atoms with Gasteiger partial charge in [0.25, 0.3) is 5.56 Å². The quantitative estimate of drug-likeness (QED) is 0.224. The monoisotopic (exact) mass is 587 g/mol. The van der Waals surface area contributed by atoms with Crippen molar-refractivity contribution in [3.63, 3.8) is 0 Å². The van der Waals surface area contributed by atoms with E-state index in [1.165, 1.54) is 22.8 Å². The highest BCUT2D eigenvalue weighted by atomic mass is 35.5. The van der Waals surface area contributed by atoms with Gasteiger partial charge in [0.15, 0.2) is 5.78 Å². The van der Waals surface area contributed by atoms with Gasteiger partial charge in [-0.15, -0.1) is 0 Å². The number of pyridine rings is 1. The number of carbonyl (C=O) groups excluding carboxylic acids is 2. The summed E-state index contributed by atoms with van der Waals surface area (Å²) in [6.45, 7) is 10.8. The van der Waals surface area contributed by atoms with E-state index in [0.29, 0.717) is 27.3 Å². The van der Waals surface area contributed by atoms with Crippen molar-refractivity contribution < 1.29 is 22.9 Å². The number of halogens is 2. The first kappa shape index (κ1) is 31.4. The summed E-state index contributed by atoms with van der Waals surface area (Å²) in [5, 5.41) is 0.452. The number of aromatic nitrogens is 1. The second-order valence-electron chi connectivity index (χ2n) is 11.7. The molecule has 2 atom stereocenters. The fourth-order valence-electron chi connectivity index (χ4n) is 4.18. The summed E-state index contributed by atoms with van der Waals surface area (Å²) in [7, 11) is 0.176. The molecule has 214 valence electrons. The fourth-order valence-corrected chi connectivity index (χ4v) is 5.47. The Balaban J connectivity index is 2.24. The summed E-state index contributed by atoms with van der Waals surface area (Å²) in [6.07, 6.45) is 1.42. The van der Waals surface area contributed by atoms with E-state index >= 15 is 0 Å². The maximum Gasteiger partial charge on any atom is 0.306 e. The van der Waals surface area contributed by atoms with Crippen LogP contribution in [-0.4, -0.2) is 36.6 Å². The lowest BCUT2D eigenvalue weighted by molar-refractivity contribution is -0.155. The molecule has 0 saturated heterocycles. The van der Waals surface area contributed by atoms with E-state index in [2.05, 4.69) is 0 Å². The van der Waals surface area contributed by atoms with Crippen molar-refractivity contribution in [1.82, 2.24) is 4.57 Å². The molecule has 40 heavy (non-hydrogen) atoms. The first-order chi connectivity index (χ1) is 18.5. The van der Waals surface area contributed by atoms with Gasteiger partial charge in [0, 0.05) is 68.2 Å². The van der Waals surface area contributed by atoms with Crippen LogP contribution in [0.3, 0.4) is 0 Å². The average Bonchev–Trinajstić information content (AvgIpc) is 2.83. The number of aryl methyl sites for hydroxylation is 1. The summed E-state index contributed by atoms with van der Waals surface area (Å²) < 4.78 is 34.1. The molecule has 0 radical (unpaired) electrons. The Morgan fingerprint density at radius 3 is 2.20 bits per heavy atom. The van der Waals surface area contributed by atoms with Crippen LogP contribution in [-0.2, 0) is 27.4 Å². The number of nitrogens with zero attached hydrogens (tertiary/aromatic N) is 1. The van der Waals surface area contributed by atoms with Crippen molar-refractivity contribution >= 4 is 34.2 Å². The van der Waals surface area contributed by atoms with E-state index in [-0.39, 0.29) is 23.3 Å². The van der Waals surface area contributed by atoms with Crippen molar-refractivity contribution in [3.05, 3.63) is 92.6 Å². The van der Waals surface area contributed by atoms with Gasteiger partial charge in [-0.25, -0.2) is 4.39 Å². The summed E-state index contributed by atoms with van der Waals surface area (Å²) in [6, 6.07) is 11.5. The zero-order valence-electron chi connectivity index (χ0n) is 23.8. The van der Waals surface area contributed by atoms with Crippen molar-refractivity contribution in [3.8, 4) is 11.1 Å². The van der Waals surface area contributed by atoms with Gasteiger partial charge in [-0.2, -0.15) is 0 Å². The summed E-state index contributed by atoms with van der Waals surface area (Å²) in [5.41, 5.74) is 0.569. The maximum absolute atomic E-state index is 14.5. The molecule has 6 nitrogen and oxygen atoms in total. The van der Waals surface area contributed by atoms with Crippen LogP contribution in [0, 0.1) is 5.82 Å². The Morgan fingerprint density at radius 1 is 1.00 bits per heavy atom. The molecule has 0 aliphatic heterocycles. The number of ether oxygens (including phenoxy) is 1. The molecule has 9 heteroatoms. The number of rotatable bonds is 8. The smallest absolute Gasteiger partial charge is 0.306 e. The minimum Gasteiger partial charge on any atom is -0.460 e. The number of hydrogen-bond donors (Lipinski definition) is 0. The predicted molar refractivity (Wildman–Crippen MR) is 158 cm³/mol. The van der Waals surface area contributed by atoms with Crippen LogP contribution in [0.15, 0.2) is 59.5 Å². The molecule has 3 rings (SSSR count). The van der Waals surface area contributed by atoms with E-state index in [4.69, 9.17) is 16.3 Å². The minimum atomic E-state index is -1.39. The number of hydrogen-bond acceptors (Lipinski definition) is 5. The summed E-state index contributed by atoms with van der Waals surface area (Å²) >= 11 is 5.99. The normalized spacial score (nSPS) is 13.5. The van der Waals surface area contributed by atoms with Gasteiger partial charge in [-0.1, -0.05) is 17.7 Å². The zero-order chi connectivity index (χ0) is 30.0. The predicted octanol–water partition coefficient (Wildman–Crippen LogP) is 6.44. The van der Waals surface area contributed by atoms with Gasteiger partial charge in [0.05, 0.1) is 6.42 Å². The Morgan fingerprint density at radius 2 is 1.62 bits per heavy atom. The van der Waals surface area contributed by atoms with Crippen LogP contribution < -0.4 is 5.56 Å². The molecule has 0 saturated carbocycles. The Bertz CT molecular complexity index is 1500. The van der Waals surface area contributed by atoms with Crippen LogP contribution in [0.25, 0.3) is 11.1 Å². The first-order valence-electron chi connectivity index (χ1n) is 12.9. The maximum atomic E-state index is 14.5. The number of ketones is 1. The molecular weight excluding hydrogens is 553 g/mol. The van der Waals surface area contributed by atoms with Gasteiger partial charge >= 0.3 is 5.97 Å². The molecule has 0 bridgehead atoms. The molecule has 0 amide bonds. The lowest BCUT2D eigenvalue weighted by Gasteiger charge is -2.27.